The van der Waals surface area contributed by atoms with Gasteiger partial charge in [0, 0.05) is 62.9 Å². The first-order valence-corrected chi connectivity index (χ1v) is 10.3. The number of nitrogens with zero attached hydrogens (tertiary/aromatic N) is 7. The second kappa shape index (κ2) is 8.06. The molecule has 1 aliphatic rings. The van der Waals surface area contributed by atoms with Crippen molar-refractivity contribution in [2.75, 3.05) is 20.3 Å². The summed E-state index contributed by atoms with van der Waals surface area (Å²) in [5, 5.41) is 13.0. The van der Waals surface area contributed by atoms with Crippen LogP contribution in [0.1, 0.15) is 39.9 Å². The van der Waals surface area contributed by atoms with Gasteiger partial charge in [-0.15, -0.1) is 10.2 Å². The molecule has 0 aromatic carbocycles. The number of hydrogen-bond donors (Lipinski definition) is 0. The van der Waals surface area contributed by atoms with Crippen molar-refractivity contribution in [2.24, 2.45) is 7.05 Å². The summed E-state index contributed by atoms with van der Waals surface area (Å²) < 4.78 is 11.2. The van der Waals surface area contributed by atoms with Crippen LogP contribution in [0.25, 0.3) is 11.5 Å². The van der Waals surface area contributed by atoms with Crippen LogP contribution < -0.4 is 0 Å². The van der Waals surface area contributed by atoms with Gasteiger partial charge in [-0.3, -0.25) is 9.48 Å². The summed E-state index contributed by atoms with van der Waals surface area (Å²) in [6, 6.07) is 1.99. The first-order chi connectivity index (χ1) is 14.5. The standard InChI is InChI=1S/C21H29N7O2/c1-6-26-13-22-23-20(26)19-17-12-27(8-7-18(17)25(4)24-19)21(29)16-11-14(2)28(15(16)3)9-10-30-5/h11,13H,6-10,12H2,1-5H3. The van der Waals surface area contributed by atoms with E-state index < -0.39 is 0 Å². The minimum Gasteiger partial charge on any atom is -0.383 e. The van der Waals surface area contributed by atoms with Gasteiger partial charge in [0.15, 0.2) is 5.82 Å². The van der Waals surface area contributed by atoms with Crippen molar-refractivity contribution in [1.29, 1.82) is 0 Å². The highest BCUT2D eigenvalue weighted by atomic mass is 16.5. The SMILES string of the molecule is CCn1cnnc1-c1nn(C)c2c1CN(C(=O)c1cc(C)n(CCOC)c1C)CC2. The van der Waals surface area contributed by atoms with E-state index in [1.54, 1.807) is 13.4 Å². The topological polar surface area (TPSA) is 83.0 Å². The first kappa shape index (κ1) is 20.3. The number of ether oxygens (including phenoxy) is 1. The van der Waals surface area contributed by atoms with Gasteiger partial charge in [-0.25, -0.2) is 0 Å². The van der Waals surface area contributed by atoms with E-state index in [4.69, 9.17) is 9.84 Å². The zero-order valence-corrected chi connectivity index (χ0v) is 18.3. The van der Waals surface area contributed by atoms with Crippen LogP contribution in [0.5, 0.6) is 0 Å². The van der Waals surface area contributed by atoms with Gasteiger partial charge in [0.2, 0.25) is 0 Å². The Kier molecular flexibility index (Phi) is 5.46. The number of aryl methyl sites for hydroxylation is 3. The summed E-state index contributed by atoms with van der Waals surface area (Å²) >= 11 is 0. The third-order valence-corrected chi connectivity index (χ3v) is 6.02. The van der Waals surface area contributed by atoms with Crippen molar-refractivity contribution in [3.63, 3.8) is 0 Å². The Bertz CT molecular complexity index is 1080. The number of carbonyl (C=O) groups excluding carboxylic acids is 1. The summed E-state index contributed by atoms with van der Waals surface area (Å²) in [5.41, 5.74) is 5.85. The van der Waals surface area contributed by atoms with Crippen molar-refractivity contribution in [3.8, 4) is 11.5 Å². The molecule has 9 heteroatoms. The van der Waals surface area contributed by atoms with E-state index in [0.717, 1.165) is 59.2 Å². The van der Waals surface area contributed by atoms with Gasteiger partial charge in [-0.2, -0.15) is 5.10 Å². The van der Waals surface area contributed by atoms with Crippen LogP contribution in [0.15, 0.2) is 12.4 Å². The average molecular weight is 412 g/mol. The normalized spacial score (nSPS) is 13.7. The van der Waals surface area contributed by atoms with Gasteiger partial charge in [-0.05, 0) is 26.8 Å². The molecule has 30 heavy (non-hydrogen) atoms. The number of aromatic nitrogens is 6. The average Bonchev–Trinajstić information content (AvgIpc) is 3.42. The molecule has 4 rings (SSSR count). The minimum absolute atomic E-state index is 0.0594. The van der Waals surface area contributed by atoms with E-state index in [9.17, 15) is 4.79 Å². The summed E-state index contributed by atoms with van der Waals surface area (Å²) in [5.74, 6) is 0.811. The lowest BCUT2D eigenvalue weighted by Gasteiger charge is -2.27. The van der Waals surface area contributed by atoms with Crippen molar-refractivity contribution < 1.29 is 9.53 Å². The lowest BCUT2D eigenvalue weighted by Crippen LogP contribution is -2.36. The second-order valence-corrected chi connectivity index (χ2v) is 7.74. The Morgan fingerprint density at radius 1 is 1.30 bits per heavy atom. The van der Waals surface area contributed by atoms with Crippen LogP contribution in [0, 0.1) is 13.8 Å². The molecular formula is C21H29N7O2. The summed E-state index contributed by atoms with van der Waals surface area (Å²) in [6.45, 7) is 9.41. The highest BCUT2D eigenvalue weighted by Crippen LogP contribution is 2.30. The molecule has 0 saturated carbocycles. The molecule has 0 aliphatic carbocycles. The van der Waals surface area contributed by atoms with Gasteiger partial charge >= 0.3 is 0 Å². The van der Waals surface area contributed by atoms with E-state index >= 15 is 0 Å². The molecule has 1 aliphatic heterocycles. The maximum Gasteiger partial charge on any atom is 0.255 e. The molecule has 0 N–H and O–H groups in total. The van der Waals surface area contributed by atoms with Crippen molar-refractivity contribution in [3.05, 3.63) is 40.6 Å². The zero-order valence-electron chi connectivity index (χ0n) is 18.3. The Morgan fingerprint density at radius 3 is 2.83 bits per heavy atom. The summed E-state index contributed by atoms with van der Waals surface area (Å²) in [4.78, 5) is 15.3. The van der Waals surface area contributed by atoms with Crippen LogP contribution in [-0.4, -0.2) is 60.2 Å². The quantitative estimate of drug-likeness (QED) is 0.619. The number of methoxy groups -OCH3 is 1. The molecule has 0 atom stereocenters. The molecule has 0 radical (unpaired) electrons. The van der Waals surface area contributed by atoms with E-state index in [2.05, 4.69) is 21.7 Å². The predicted octanol–water partition coefficient (Wildman–Crippen LogP) is 1.96. The van der Waals surface area contributed by atoms with E-state index in [0.29, 0.717) is 19.7 Å². The first-order valence-electron chi connectivity index (χ1n) is 10.3. The monoisotopic (exact) mass is 411 g/mol. The molecule has 0 unspecified atom stereocenters. The molecule has 3 aromatic heterocycles. The number of amides is 1. The third-order valence-electron chi connectivity index (χ3n) is 6.02. The van der Waals surface area contributed by atoms with Crippen LogP contribution in [0.3, 0.4) is 0 Å². The maximum atomic E-state index is 13.4. The smallest absolute Gasteiger partial charge is 0.255 e. The minimum atomic E-state index is 0.0594. The van der Waals surface area contributed by atoms with Gasteiger partial charge in [0.1, 0.15) is 12.0 Å². The fourth-order valence-electron chi connectivity index (χ4n) is 4.33. The van der Waals surface area contributed by atoms with Gasteiger partial charge < -0.3 is 18.8 Å². The molecule has 160 valence electrons. The molecule has 0 fully saturated rings. The second-order valence-electron chi connectivity index (χ2n) is 7.74. The van der Waals surface area contributed by atoms with Crippen molar-refractivity contribution in [2.45, 2.75) is 46.8 Å². The van der Waals surface area contributed by atoms with Crippen molar-refractivity contribution in [1.82, 2.24) is 34.0 Å². The fraction of sp³-hybridized carbons (Fsp3) is 0.524. The van der Waals surface area contributed by atoms with Crippen LogP contribution in [0.4, 0.5) is 0 Å². The lowest BCUT2D eigenvalue weighted by molar-refractivity contribution is 0.0732. The van der Waals surface area contributed by atoms with Crippen molar-refractivity contribution >= 4 is 5.91 Å². The Balaban J connectivity index is 1.64. The maximum absolute atomic E-state index is 13.4. The summed E-state index contributed by atoms with van der Waals surface area (Å²) in [6.07, 6.45) is 2.49. The van der Waals surface area contributed by atoms with Crippen LogP contribution >= 0.6 is 0 Å². The molecule has 0 bridgehead atoms. The number of fused-ring (bicyclic) bond motifs is 1. The predicted molar refractivity (Wildman–Crippen MR) is 112 cm³/mol. The lowest BCUT2D eigenvalue weighted by atomic mass is 10.0. The van der Waals surface area contributed by atoms with E-state index in [1.165, 1.54) is 0 Å². The number of carbonyl (C=O) groups is 1. The van der Waals surface area contributed by atoms with Gasteiger partial charge in [0.25, 0.3) is 5.91 Å². The van der Waals surface area contributed by atoms with Gasteiger partial charge in [0.05, 0.1) is 18.7 Å². The Hall–Kier alpha value is -2.94. The van der Waals surface area contributed by atoms with Crippen LogP contribution in [0.2, 0.25) is 0 Å². The third kappa shape index (κ3) is 3.32. The summed E-state index contributed by atoms with van der Waals surface area (Å²) in [7, 11) is 3.65. The Morgan fingerprint density at radius 2 is 2.10 bits per heavy atom. The molecule has 4 heterocycles. The Labute approximate surface area is 176 Å². The molecule has 1 amide bonds. The number of hydrogen-bond acceptors (Lipinski definition) is 5. The van der Waals surface area contributed by atoms with E-state index in [1.807, 2.05) is 41.1 Å². The van der Waals surface area contributed by atoms with Crippen LogP contribution in [-0.2, 0) is 37.8 Å². The molecule has 9 nitrogen and oxygen atoms in total. The zero-order chi connectivity index (χ0) is 21.4. The van der Waals surface area contributed by atoms with Gasteiger partial charge in [-0.1, -0.05) is 0 Å². The van der Waals surface area contributed by atoms with E-state index in [-0.39, 0.29) is 5.91 Å². The molecular weight excluding hydrogens is 382 g/mol. The fourth-order valence-corrected chi connectivity index (χ4v) is 4.33. The molecule has 0 saturated heterocycles. The highest BCUT2D eigenvalue weighted by Gasteiger charge is 2.30. The highest BCUT2D eigenvalue weighted by molar-refractivity contribution is 5.96. The number of rotatable bonds is 6. The molecule has 3 aromatic rings. The largest absolute Gasteiger partial charge is 0.383 e. The molecule has 0 spiro atoms.